The van der Waals surface area contributed by atoms with Crippen molar-refractivity contribution in [1.29, 1.82) is 0 Å². The summed E-state index contributed by atoms with van der Waals surface area (Å²) in [4.78, 5) is 10.5. The highest BCUT2D eigenvalue weighted by Gasteiger charge is 2.04. The fourth-order valence-electron chi connectivity index (χ4n) is 1.91. The predicted molar refractivity (Wildman–Crippen MR) is 84.1 cm³/mol. The van der Waals surface area contributed by atoms with Crippen LogP contribution in [0.25, 0.3) is 6.08 Å². The smallest absolute Gasteiger partial charge is 0.328 e. The van der Waals surface area contributed by atoms with Crippen molar-refractivity contribution >= 4 is 23.6 Å². The van der Waals surface area contributed by atoms with Gasteiger partial charge in [-0.3, -0.25) is 0 Å². The molecule has 0 spiro atoms. The van der Waals surface area contributed by atoms with Crippen LogP contribution in [0.5, 0.6) is 11.5 Å². The summed E-state index contributed by atoms with van der Waals surface area (Å²) in [5.41, 5.74) is 2.85. The van der Waals surface area contributed by atoms with Crippen LogP contribution in [0.1, 0.15) is 16.7 Å². The number of aliphatic carboxylic acids is 1. The Bertz CT molecular complexity index is 705. The van der Waals surface area contributed by atoms with Gasteiger partial charge in [0.2, 0.25) is 0 Å². The summed E-state index contributed by atoms with van der Waals surface area (Å²) in [5, 5.41) is 9.05. The highest BCUT2D eigenvalue weighted by atomic mass is 35.5. The summed E-state index contributed by atoms with van der Waals surface area (Å²) in [6.07, 6.45) is 2.50. The van der Waals surface area contributed by atoms with Crippen molar-refractivity contribution in [3.8, 4) is 11.5 Å². The van der Waals surface area contributed by atoms with Crippen molar-refractivity contribution in [2.45, 2.75) is 13.8 Å². The zero-order valence-electron chi connectivity index (χ0n) is 11.8. The number of ether oxygens (including phenoxy) is 1. The first-order valence-electron chi connectivity index (χ1n) is 6.41. The Morgan fingerprint density at radius 2 is 1.95 bits per heavy atom. The summed E-state index contributed by atoms with van der Waals surface area (Å²) >= 11 is 6.12. The van der Waals surface area contributed by atoms with E-state index >= 15 is 0 Å². The number of carbonyl (C=O) groups is 1. The van der Waals surface area contributed by atoms with E-state index in [0.717, 1.165) is 17.4 Å². The molecule has 0 aromatic heterocycles. The zero-order chi connectivity index (χ0) is 15.4. The van der Waals surface area contributed by atoms with Crippen LogP contribution in [0.3, 0.4) is 0 Å². The predicted octanol–water partition coefficient (Wildman–Crippen LogP) is 4.85. The maximum absolute atomic E-state index is 10.5. The molecule has 2 aromatic rings. The Hall–Kier alpha value is -2.26. The quantitative estimate of drug-likeness (QED) is 0.821. The van der Waals surface area contributed by atoms with Crippen molar-refractivity contribution < 1.29 is 14.6 Å². The van der Waals surface area contributed by atoms with Crippen LogP contribution in [0.15, 0.2) is 42.5 Å². The second kappa shape index (κ2) is 6.46. The Kier molecular flexibility index (Phi) is 4.66. The van der Waals surface area contributed by atoms with E-state index < -0.39 is 5.97 Å². The fraction of sp³-hybridized carbons (Fsp3) is 0.118. The molecule has 4 heteroatoms. The topological polar surface area (TPSA) is 46.5 Å². The molecule has 0 bridgehead atoms. The first-order valence-corrected chi connectivity index (χ1v) is 6.79. The zero-order valence-corrected chi connectivity index (χ0v) is 12.5. The lowest BCUT2D eigenvalue weighted by Crippen LogP contribution is -1.89. The van der Waals surface area contributed by atoms with Crippen LogP contribution in [-0.2, 0) is 4.79 Å². The highest BCUT2D eigenvalue weighted by molar-refractivity contribution is 6.32. The van der Waals surface area contributed by atoms with Crippen LogP contribution in [0.4, 0.5) is 0 Å². The molecule has 1 N–H and O–H groups in total. The molecule has 0 aliphatic heterocycles. The van der Waals surface area contributed by atoms with Crippen molar-refractivity contribution in [3.63, 3.8) is 0 Å². The number of hydrogen-bond acceptors (Lipinski definition) is 2. The number of carboxylic acid groups (broad SMARTS) is 1. The van der Waals surface area contributed by atoms with Crippen LogP contribution in [0, 0.1) is 13.8 Å². The molecular formula is C17H15ClO3. The normalized spacial score (nSPS) is 10.8. The Labute approximate surface area is 128 Å². The summed E-state index contributed by atoms with van der Waals surface area (Å²) in [6, 6.07) is 11.1. The number of hydrogen-bond donors (Lipinski definition) is 1. The van der Waals surface area contributed by atoms with Crippen molar-refractivity contribution in [3.05, 3.63) is 64.2 Å². The molecule has 0 unspecified atom stereocenters. The number of rotatable bonds is 4. The standard InChI is InChI=1S/C17H15ClO3/c1-11-3-7-16(12(2)9-11)21-14-6-4-13(15(18)10-14)5-8-17(19)20/h3-10H,1-2H3,(H,19,20)/b8-5+. The molecule has 0 amide bonds. The summed E-state index contributed by atoms with van der Waals surface area (Å²) < 4.78 is 5.80. The van der Waals surface area contributed by atoms with Crippen LogP contribution in [-0.4, -0.2) is 11.1 Å². The molecule has 0 atom stereocenters. The molecule has 0 heterocycles. The van der Waals surface area contributed by atoms with Crippen molar-refractivity contribution in [2.75, 3.05) is 0 Å². The molecule has 2 rings (SSSR count). The molecule has 0 radical (unpaired) electrons. The minimum absolute atomic E-state index is 0.440. The number of benzene rings is 2. The van der Waals surface area contributed by atoms with E-state index in [-0.39, 0.29) is 0 Å². The van der Waals surface area contributed by atoms with E-state index in [1.54, 1.807) is 18.2 Å². The second-order valence-electron chi connectivity index (χ2n) is 4.73. The monoisotopic (exact) mass is 302 g/mol. The van der Waals surface area contributed by atoms with Gasteiger partial charge in [0.05, 0.1) is 5.02 Å². The highest BCUT2D eigenvalue weighted by Crippen LogP contribution is 2.29. The first-order chi connectivity index (χ1) is 9.95. The first kappa shape index (κ1) is 15.1. The van der Waals surface area contributed by atoms with E-state index in [1.165, 1.54) is 11.6 Å². The maximum atomic E-state index is 10.5. The van der Waals surface area contributed by atoms with Gasteiger partial charge in [-0.1, -0.05) is 29.3 Å². The fourth-order valence-corrected chi connectivity index (χ4v) is 2.14. The Morgan fingerprint density at radius 3 is 2.57 bits per heavy atom. The van der Waals surface area contributed by atoms with Gasteiger partial charge in [0.15, 0.2) is 0 Å². The summed E-state index contributed by atoms with van der Waals surface area (Å²) in [7, 11) is 0. The third-order valence-corrected chi connectivity index (χ3v) is 3.26. The maximum Gasteiger partial charge on any atom is 0.328 e. The lowest BCUT2D eigenvalue weighted by molar-refractivity contribution is -0.131. The van der Waals surface area contributed by atoms with Crippen molar-refractivity contribution in [1.82, 2.24) is 0 Å². The minimum atomic E-state index is -1.01. The molecule has 0 aliphatic carbocycles. The van der Waals surface area contributed by atoms with Crippen LogP contribution >= 0.6 is 11.6 Å². The van der Waals surface area contributed by atoms with Gasteiger partial charge in [-0.2, -0.15) is 0 Å². The summed E-state index contributed by atoms with van der Waals surface area (Å²) in [5.74, 6) is 0.367. The van der Waals surface area contributed by atoms with Gasteiger partial charge in [-0.15, -0.1) is 0 Å². The minimum Gasteiger partial charge on any atom is -0.478 e. The number of halogens is 1. The molecule has 108 valence electrons. The van der Waals surface area contributed by atoms with E-state index in [9.17, 15) is 4.79 Å². The average molecular weight is 303 g/mol. The molecule has 0 saturated heterocycles. The molecule has 21 heavy (non-hydrogen) atoms. The molecule has 0 fully saturated rings. The Morgan fingerprint density at radius 1 is 1.19 bits per heavy atom. The van der Waals surface area contributed by atoms with Crippen LogP contribution in [0.2, 0.25) is 5.02 Å². The van der Waals surface area contributed by atoms with E-state index in [1.807, 2.05) is 32.0 Å². The van der Waals surface area contributed by atoms with Gasteiger partial charge >= 0.3 is 5.97 Å². The molecule has 2 aromatic carbocycles. The Balaban J connectivity index is 2.22. The van der Waals surface area contributed by atoms with Crippen molar-refractivity contribution in [2.24, 2.45) is 0 Å². The van der Waals surface area contributed by atoms with Gasteiger partial charge in [-0.25, -0.2) is 4.79 Å². The SMILES string of the molecule is Cc1ccc(Oc2ccc(/C=C/C(=O)O)c(Cl)c2)c(C)c1. The van der Waals surface area contributed by atoms with Crippen LogP contribution < -0.4 is 4.74 Å². The van der Waals surface area contributed by atoms with Gasteiger partial charge in [0, 0.05) is 6.08 Å². The third-order valence-electron chi connectivity index (χ3n) is 2.94. The van der Waals surface area contributed by atoms with Gasteiger partial charge in [0.25, 0.3) is 0 Å². The van der Waals surface area contributed by atoms with E-state index in [4.69, 9.17) is 21.4 Å². The van der Waals surface area contributed by atoms with Gasteiger partial charge in [-0.05, 0) is 55.3 Å². The lowest BCUT2D eigenvalue weighted by Gasteiger charge is -2.10. The van der Waals surface area contributed by atoms with Gasteiger partial charge < -0.3 is 9.84 Å². The number of aryl methyl sites for hydroxylation is 2. The second-order valence-corrected chi connectivity index (χ2v) is 5.13. The third kappa shape index (κ3) is 4.10. The molecule has 0 saturated carbocycles. The van der Waals surface area contributed by atoms with E-state index in [2.05, 4.69) is 0 Å². The lowest BCUT2D eigenvalue weighted by atomic mass is 10.1. The molecule has 0 aliphatic rings. The molecule has 3 nitrogen and oxygen atoms in total. The molecular weight excluding hydrogens is 288 g/mol. The van der Waals surface area contributed by atoms with Gasteiger partial charge in [0.1, 0.15) is 11.5 Å². The summed E-state index contributed by atoms with van der Waals surface area (Å²) in [6.45, 7) is 4.01. The average Bonchev–Trinajstić information content (AvgIpc) is 2.41. The largest absolute Gasteiger partial charge is 0.478 e. The number of carboxylic acids is 1. The van der Waals surface area contributed by atoms with E-state index in [0.29, 0.717) is 16.3 Å².